The quantitative estimate of drug-likeness (QED) is 0.609. The van der Waals surface area contributed by atoms with Gasteiger partial charge in [-0.15, -0.1) is 0 Å². The SMILES string of the molecule is CN=C(NCc1ccnc(N(C)C)c1)NCC1(c2ccccc2)CCCC1. The van der Waals surface area contributed by atoms with Gasteiger partial charge in [-0.3, -0.25) is 4.99 Å². The van der Waals surface area contributed by atoms with Gasteiger partial charge in [-0.25, -0.2) is 4.98 Å². The van der Waals surface area contributed by atoms with Gasteiger partial charge in [0.15, 0.2) is 5.96 Å². The molecule has 27 heavy (non-hydrogen) atoms. The Hall–Kier alpha value is -2.56. The van der Waals surface area contributed by atoms with Crippen molar-refractivity contribution in [3.63, 3.8) is 0 Å². The molecule has 0 aliphatic heterocycles. The maximum absolute atomic E-state index is 4.41. The van der Waals surface area contributed by atoms with Crippen LogP contribution in [0.15, 0.2) is 53.7 Å². The van der Waals surface area contributed by atoms with Crippen molar-refractivity contribution < 1.29 is 0 Å². The summed E-state index contributed by atoms with van der Waals surface area (Å²) in [6.45, 7) is 1.64. The van der Waals surface area contributed by atoms with Gasteiger partial charge in [0.05, 0.1) is 0 Å². The Bertz CT molecular complexity index is 748. The second-order valence-electron chi connectivity index (χ2n) is 7.55. The second kappa shape index (κ2) is 8.89. The number of rotatable bonds is 6. The molecule has 5 heteroatoms. The maximum atomic E-state index is 4.41. The molecule has 1 heterocycles. The second-order valence-corrected chi connectivity index (χ2v) is 7.55. The summed E-state index contributed by atoms with van der Waals surface area (Å²) >= 11 is 0. The largest absolute Gasteiger partial charge is 0.363 e. The highest BCUT2D eigenvalue weighted by Gasteiger charge is 2.35. The van der Waals surface area contributed by atoms with Crippen molar-refractivity contribution in [2.24, 2.45) is 4.99 Å². The molecule has 1 fully saturated rings. The van der Waals surface area contributed by atoms with E-state index in [1.807, 2.05) is 38.3 Å². The molecule has 1 aliphatic carbocycles. The molecule has 0 bridgehead atoms. The third-order valence-corrected chi connectivity index (χ3v) is 5.49. The molecule has 0 saturated heterocycles. The Balaban J connectivity index is 1.61. The van der Waals surface area contributed by atoms with Crippen LogP contribution in [-0.4, -0.2) is 38.6 Å². The predicted molar refractivity (Wildman–Crippen MR) is 113 cm³/mol. The fourth-order valence-electron chi connectivity index (χ4n) is 3.89. The molecule has 1 aromatic heterocycles. The molecule has 2 aromatic rings. The summed E-state index contributed by atoms with van der Waals surface area (Å²) < 4.78 is 0. The first-order valence-corrected chi connectivity index (χ1v) is 9.75. The third kappa shape index (κ3) is 4.79. The summed E-state index contributed by atoms with van der Waals surface area (Å²) in [5.41, 5.74) is 2.85. The molecule has 0 amide bonds. The van der Waals surface area contributed by atoms with E-state index in [4.69, 9.17) is 0 Å². The van der Waals surface area contributed by atoms with Gasteiger partial charge in [0.2, 0.25) is 0 Å². The van der Waals surface area contributed by atoms with Crippen molar-refractivity contribution in [3.05, 3.63) is 59.8 Å². The average molecular weight is 366 g/mol. The van der Waals surface area contributed by atoms with Crippen molar-refractivity contribution in [1.82, 2.24) is 15.6 Å². The molecule has 0 unspecified atom stereocenters. The van der Waals surface area contributed by atoms with Gasteiger partial charge >= 0.3 is 0 Å². The van der Waals surface area contributed by atoms with E-state index < -0.39 is 0 Å². The van der Waals surface area contributed by atoms with Gasteiger partial charge in [0, 0.05) is 45.8 Å². The number of aliphatic imine (C=N–C) groups is 1. The fraction of sp³-hybridized carbons (Fsp3) is 0.455. The summed E-state index contributed by atoms with van der Waals surface area (Å²) in [6, 6.07) is 15.1. The molecule has 3 rings (SSSR count). The topological polar surface area (TPSA) is 52.6 Å². The van der Waals surface area contributed by atoms with Crippen LogP contribution in [0.1, 0.15) is 36.8 Å². The van der Waals surface area contributed by atoms with Gasteiger partial charge in [0.25, 0.3) is 0 Å². The van der Waals surface area contributed by atoms with E-state index >= 15 is 0 Å². The molecular formula is C22H31N5. The lowest BCUT2D eigenvalue weighted by molar-refractivity contribution is 0.431. The van der Waals surface area contributed by atoms with E-state index in [0.29, 0.717) is 0 Å². The molecule has 0 atom stereocenters. The van der Waals surface area contributed by atoms with Crippen molar-refractivity contribution >= 4 is 11.8 Å². The van der Waals surface area contributed by atoms with E-state index in [1.54, 1.807) is 0 Å². The van der Waals surface area contributed by atoms with Gasteiger partial charge in [-0.1, -0.05) is 43.2 Å². The van der Waals surface area contributed by atoms with Crippen LogP contribution in [0, 0.1) is 0 Å². The maximum Gasteiger partial charge on any atom is 0.191 e. The van der Waals surface area contributed by atoms with Gasteiger partial charge < -0.3 is 15.5 Å². The zero-order chi connectivity index (χ0) is 19.1. The highest BCUT2D eigenvalue weighted by Crippen LogP contribution is 2.40. The van der Waals surface area contributed by atoms with Crippen LogP contribution in [0.4, 0.5) is 5.82 Å². The van der Waals surface area contributed by atoms with Crippen LogP contribution in [-0.2, 0) is 12.0 Å². The minimum atomic E-state index is 0.216. The van der Waals surface area contributed by atoms with E-state index in [2.05, 4.69) is 57.0 Å². The lowest BCUT2D eigenvalue weighted by atomic mass is 9.79. The third-order valence-electron chi connectivity index (χ3n) is 5.49. The van der Waals surface area contributed by atoms with E-state index in [1.165, 1.54) is 36.8 Å². The summed E-state index contributed by atoms with van der Waals surface area (Å²) in [7, 11) is 5.84. The summed E-state index contributed by atoms with van der Waals surface area (Å²) in [5.74, 6) is 1.81. The summed E-state index contributed by atoms with van der Waals surface area (Å²) in [5, 5.41) is 7.01. The predicted octanol–water partition coefficient (Wildman–Crippen LogP) is 3.32. The highest BCUT2D eigenvalue weighted by atomic mass is 15.2. The highest BCUT2D eigenvalue weighted by molar-refractivity contribution is 5.79. The van der Waals surface area contributed by atoms with E-state index in [9.17, 15) is 0 Å². The zero-order valence-electron chi connectivity index (χ0n) is 16.7. The first-order valence-electron chi connectivity index (χ1n) is 9.75. The van der Waals surface area contributed by atoms with Crippen LogP contribution in [0.2, 0.25) is 0 Å². The first kappa shape index (κ1) is 19.2. The summed E-state index contributed by atoms with van der Waals surface area (Å²) in [6.07, 6.45) is 6.92. The number of hydrogen-bond donors (Lipinski definition) is 2. The number of benzene rings is 1. The Kier molecular flexibility index (Phi) is 6.32. The average Bonchev–Trinajstić information content (AvgIpc) is 3.19. The molecule has 0 radical (unpaired) electrons. The van der Waals surface area contributed by atoms with Crippen LogP contribution < -0.4 is 15.5 Å². The van der Waals surface area contributed by atoms with Crippen molar-refractivity contribution in [1.29, 1.82) is 0 Å². The molecular weight excluding hydrogens is 334 g/mol. The smallest absolute Gasteiger partial charge is 0.191 e. The molecule has 5 nitrogen and oxygen atoms in total. The summed E-state index contributed by atoms with van der Waals surface area (Å²) in [4.78, 5) is 10.8. The number of guanidine groups is 1. The van der Waals surface area contributed by atoms with Gasteiger partial charge in [-0.2, -0.15) is 0 Å². The first-order chi connectivity index (χ1) is 13.1. The van der Waals surface area contributed by atoms with Crippen LogP contribution in [0.3, 0.4) is 0 Å². The molecule has 2 N–H and O–H groups in total. The number of pyridine rings is 1. The number of nitrogens with zero attached hydrogens (tertiary/aromatic N) is 3. The minimum absolute atomic E-state index is 0.216. The van der Waals surface area contributed by atoms with Crippen molar-refractivity contribution in [2.45, 2.75) is 37.6 Å². The number of anilines is 1. The molecule has 0 spiro atoms. The number of aromatic nitrogens is 1. The van der Waals surface area contributed by atoms with E-state index in [0.717, 1.165) is 24.9 Å². The zero-order valence-corrected chi connectivity index (χ0v) is 16.7. The normalized spacial score (nSPS) is 16.2. The molecule has 1 saturated carbocycles. The lowest BCUT2D eigenvalue weighted by Gasteiger charge is -2.30. The Morgan fingerprint density at radius 2 is 1.85 bits per heavy atom. The Morgan fingerprint density at radius 3 is 2.52 bits per heavy atom. The van der Waals surface area contributed by atoms with Crippen molar-refractivity contribution in [3.8, 4) is 0 Å². The Morgan fingerprint density at radius 1 is 1.11 bits per heavy atom. The molecule has 1 aliphatic rings. The molecule has 1 aromatic carbocycles. The minimum Gasteiger partial charge on any atom is -0.363 e. The Labute approximate surface area is 162 Å². The van der Waals surface area contributed by atoms with Crippen LogP contribution in [0.25, 0.3) is 0 Å². The van der Waals surface area contributed by atoms with Gasteiger partial charge in [-0.05, 0) is 36.1 Å². The van der Waals surface area contributed by atoms with Crippen LogP contribution in [0.5, 0.6) is 0 Å². The number of hydrogen-bond acceptors (Lipinski definition) is 3. The van der Waals surface area contributed by atoms with Crippen molar-refractivity contribution in [2.75, 3.05) is 32.6 Å². The number of nitrogens with one attached hydrogen (secondary N) is 2. The monoisotopic (exact) mass is 365 g/mol. The van der Waals surface area contributed by atoms with Crippen LogP contribution >= 0.6 is 0 Å². The lowest BCUT2D eigenvalue weighted by Crippen LogP contribution is -2.44. The fourth-order valence-corrected chi connectivity index (χ4v) is 3.89. The molecule has 144 valence electrons. The standard InChI is InChI=1S/C22H31N5/c1-23-21(25-16-18-11-14-24-20(15-18)27(2)3)26-17-22(12-7-8-13-22)19-9-5-4-6-10-19/h4-6,9-11,14-15H,7-8,12-13,16-17H2,1-3H3,(H2,23,25,26). The van der Waals surface area contributed by atoms with Gasteiger partial charge in [0.1, 0.15) is 5.82 Å². The van der Waals surface area contributed by atoms with E-state index in [-0.39, 0.29) is 5.41 Å².